The normalized spacial score (nSPS) is 10.4. The Morgan fingerprint density at radius 1 is 1.60 bits per heavy atom. The molecule has 0 spiro atoms. The Morgan fingerprint density at radius 3 is 2.73 bits per heavy atom. The number of hydrogen-bond donors (Lipinski definition) is 0. The van der Waals surface area contributed by atoms with Crippen LogP contribution in [0, 0.1) is 14.9 Å². The summed E-state index contributed by atoms with van der Waals surface area (Å²) in [6, 6.07) is 1.98. The van der Waals surface area contributed by atoms with Crippen molar-refractivity contribution in [3.05, 3.63) is 26.6 Å². The molecule has 0 aliphatic heterocycles. The summed E-state index contributed by atoms with van der Waals surface area (Å²) in [4.78, 5) is 3.69. The quantitative estimate of drug-likeness (QED) is 0.588. The maximum atomic E-state index is 12.6. The number of nitrogens with zero attached hydrogens (tertiary/aromatic N) is 2. The summed E-state index contributed by atoms with van der Waals surface area (Å²) in [5, 5.41) is 8.86. The van der Waals surface area contributed by atoms with E-state index in [0.29, 0.717) is 20.0 Å². The molecule has 1 heterocycles. The lowest BCUT2D eigenvalue weighted by Crippen LogP contribution is -2.03. The molecule has 0 aliphatic carbocycles. The zero-order chi connectivity index (χ0) is 11.4. The first-order valence-corrected chi connectivity index (χ1v) is 6.19. The van der Waals surface area contributed by atoms with Crippen molar-refractivity contribution in [2.24, 2.45) is 0 Å². The molecule has 0 unspecified atom stereocenters. The molecule has 15 heavy (non-hydrogen) atoms. The van der Waals surface area contributed by atoms with Gasteiger partial charge in [-0.15, -0.1) is 0 Å². The van der Waals surface area contributed by atoms with Gasteiger partial charge in [0.2, 0.25) is 0 Å². The first-order valence-electron chi connectivity index (χ1n) is 3.99. The molecule has 0 fully saturated rings. The molecule has 0 radical (unpaired) electrons. The van der Waals surface area contributed by atoms with E-state index in [0.717, 1.165) is 0 Å². The Labute approximate surface area is 108 Å². The van der Waals surface area contributed by atoms with Gasteiger partial charge in [-0.25, -0.2) is 8.78 Å². The minimum atomic E-state index is -2.58. The molecule has 80 valence electrons. The van der Waals surface area contributed by atoms with Gasteiger partial charge in [0.05, 0.1) is 12.5 Å². The molecule has 1 rings (SSSR count). The summed E-state index contributed by atoms with van der Waals surface area (Å²) in [7, 11) is 0. The van der Waals surface area contributed by atoms with Crippen molar-refractivity contribution in [2.75, 3.05) is 0 Å². The second-order valence-corrected chi connectivity index (χ2v) is 4.37. The standard InChI is InChI=1S/C9H6BrF2IN2/c10-3-6-7(13)5(1-2-14)4-15-8(6)9(11)12/h4,9H,1,3H2. The number of nitriles is 1. The van der Waals surface area contributed by atoms with Crippen molar-refractivity contribution in [1.29, 1.82) is 5.26 Å². The number of hydrogen-bond acceptors (Lipinski definition) is 2. The lowest BCUT2D eigenvalue weighted by atomic mass is 10.1. The van der Waals surface area contributed by atoms with Crippen molar-refractivity contribution in [3.63, 3.8) is 0 Å². The van der Waals surface area contributed by atoms with Gasteiger partial charge < -0.3 is 0 Å². The third-order valence-corrected chi connectivity index (χ3v) is 3.73. The fourth-order valence-electron chi connectivity index (χ4n) is 1.11. The van der Waals surface area contributed by atoms with Crippen LogP contribution in [0.4, 0.5) is 8.78 Å². The van der Waals surface area contributed by atoms with Gasteiger partial charge in [-0.2, -0.15) is 5.26 Å². The minimum absolute atomic E-state index is 0.189. The van der Waals surface area contributed by atoms with E-state index < -0.39 is 6.43 Å². The Balaban J connectivity index is 3.27. The molecule has 6 heteroatoms. The van der Waals surface area contributed by atoms with Crippen molar-refractivity contribution in [2.45, 2.75) is 18.2 Å². The summed E-state index contributed by atoms with van der Waals surface area (Å²) < 4.78 is 25.8. The van der Waals surface area contributed by atoms with Gasteiger partial charge in [-0.1, -0.05) is 15.9 Å². The fourth-order valence-corrected chi connectivity index (χ4v) is 3.00. The number of aromatic nitrogens is 1. The van der Waals surface area contributed by atoms with Crippen molar-refractivity contribution in [1.82, 2.24) is 4.98 Å². The van der Waals surface area contributed by atoms with Crippen LogP contribution in [0.3, 0.4) is 0 Å². The van der Waals surface area contributed by atoms with Gasteiger partial charge in [0.25, 0.3) is 6.43 Å². The van der Waals surface area contributed by atoms with Crippen LogP contribution in [0.1, 0.15) is 23.2 Å². The highest BCUT2D eigenvalue weighted by Gasteiger charge is 2.18. The molecule has 0 amide bonds. The van der Waals surface area contributed by atoms with Crippen LogP contribution in [0.15, 0.2) is 6.20 Å². The van der Waals surface area contributed by atoms with Gasteiger partial charge in [0.1, 0.15) is 5.69 Å². The predicted octanol–water partition coefficient (Wildman–Crippen LogP) is 3.58. The van der Waals surface area contributed by atoms with Gasteiger partial charge in [-0.3, -0.25) is 4.98 Å². The lowest BCUT2D eigenvalue weighted by molar-refractivity contribution is 0.145. The van der Waals surface area contributed by atoms with Gasteiger partial charge >= 0.3 is 0 Å². The number of rotatable bonds is 3. The first-order chi connectivity index (χ1) is 7.11. The van der Waals surface area contributed by atoms with E-state index in [-0.39, 0.29) is 12.1 Å². The molecule has 0 bridgehead atoms. The molecule has 0 aliphatic rings. The smallest absolute Gasteiger partial charge is 0.255 e. The average Bonchev–Trinajstić information content (AvgIpc) is 2.20. The number of pyridine rings is 1. The first kappa shape index (κ1) is 12.8. The van der Waals surface area contributed by atoms with E-state index in [1.807, 2.05) is 28.7 Å². The molecule has 0 atom stereocenters. The second-order valence-electron chi connectivity index (χ2n) is 2.73. The average molecular weight is 387 g/mol. The van der Waals surface area contributed by atoms with Crippen LogP contribution in [-0.2, 0) is 11.8 Å². The van der Waals surface area contributed by atoms with Crippen LogP contribution < -0.4 is 0 Å². The fraction of sp³-hybridized carbons (Fsp3) is 0.333. The van der Waals surface area contributed by atoms with E-state index >= 15 is 0 Å². The largest absolute Gasteiger partial charge is 0.280 e. The SMILES string of the molecule is N#CCc1cnc(C(F)F)c(CBr)c1I. The van der Waals surface area contributed by atoms with E-state index in [1.54, 1.807) is 0 Å². The summed E-state index contributed by atoms with van der Waals surface area (Å²) in [5.74, 6) is 0. The highest BCUT2D eigenvalue weighted by atomic mass is 127. The van der Waals surface area contributed by atoms with Gasteiger partial charge in [-0.05, 0) is 28.2 Å². The predicted molar refractivity (Wildman–Crippen MR) is 63.9 cm³/mol. The van der Waals surface area contributed by atoms with Crippen LogP contribution >= 0.6 is 38.5 Å². The highest BCUT2D eigenvalue weighted by molar-refractivity contribution is 14.1. The Bertz CT molecular complexity index is 404. The van der Waals surface area contributed by atoms with Crippen molar-refractivity contribution < 1.29 is 8.78 Å². The molecular weight excluding hydrogens is 381 g/mol. The summed E-state index contributed by atoms with van der Waals surface area (Å²) in [5.41, 5.74) is 0.952. The number of halogens is 4. The van der Waals surface area contributed by atoms with E-state index in [4.69, 9.17) is 5.26 Å². The molecule has 1 aromatic heterocycles. The zero-order valence-electron chi connectivity index (χ0n) is 7.48. The lowest BCUT2D eigenvalue weighted by Gasteiger charge is -2.10. The van der Waals surface area contributed by atoms with Crippen LogP contribution in [-0.4, -0.2) is 4.98 Å². The second kappa shape index (κ2) is 5.70. The van der Waals surface area contributed by atoms with Crippen LogP contribution in [0.5, 0.6) is 0 Å². The molecular formula is C9H6BrF2IN2. The molecule has 0 saturated heterocycles. The Kier molecular flexibility index (Phi) is 4.86. The van der Waals surface area contributed by atoms with Gasteiger partial charge in [0.15, 0.2) is 0 Å². The van der Waals surface area contributed by atoms with Crippen LogP contribution in [0.25, 0.3) is 0 Å². The summed E-state index contributed by atoms with van der Waals surface area (Å²) >= 11 is 5.12. The van der Waals surface area contributed by atoms with Gasteiger partial charge in [0, 0.05) is 20.7 Å². The van der Waals surface area contributed by atoms with Crippen molar-refractivity contribution in [3.8, 4) is 6.07 Å². The maximum absolute atomic E-state index is 12.6. The highest BCUT2D eigenvalue weighted by Crippen LogP contribution is 2.28. The Morgan fingerprint density at radius 2 is 2.27 bits per heavy atom. The third-order valence-electron chi connectivity index (χ3n) is 1.83. The van der Waals surface area contributed by atoms with E-state index in [1.165, 1.54) is 6.20 Å². The number of alkyl halides is 3. The van der Waals surface area contributed by atoms with Crippen LogP contribution in [0.2, 0.25) is 0 Å². The topological polar surface area (TPSA) is 36.7 Å². The summed E-state index contributed by atoms with van der Waals surface area (Å²) in [6.45, 7) is 0. The molecule has 2 nitrogen and oxygen atoms in total. The molecule has 1 aromatic rings. The summed E-state index contributed by atoms with van der Waals surface area (Å²) in [6.07, 6.45) is -1.05. The zero-order valence-corrected chi connectivity index (χ0v) is 11.2. The maximum Gasteiger partial charge on any atom is 0.280 e. The molecule has 0 saturated carbocycles. The minimum Gasteiger partial charge on any atom is -0.255 e. The van der Waals surface area contributed by atoms with E-state index in [9.17, 15) is 8.78 Å². The Hall–Kier alpha value is -0.290. The monoisotopic (exact) mass is 386 g/mol. The molecule has 0 aromatic carbocycles. The van der Waals surface area contributed by atoms with E-state index in [2.05, 4.69) is 20.9 Å². The third kappa shape index (κ3) is 2.84. The van der Waals surface area contributed by atoms with Crippen molar-refractivity contribution >= 4 is 38.5 Å². The molecule has 0 N–H and O–H groups in total.